The summed E-state index contributed by atoms with van der Waals surface area (Å²) in [5.41, 5.74) is -1.30. The van der Waals surface area contributed by atoms with Gasteiger partial charge in [-0.25, -0.2) is 4.81 Å². The lowest BCUT2D eigenvalue weighted by Gasteiger charge is -2.15. The highest BCUT2D eigenvalue weighted by molar-refractivity contribution is 6.35. The molecule has 88 valence electrons. The zero-order valence-corrected chi connectivity index (χ0v) is 7.60. The quantitative estimate of drug-likeness (QED) is 0.419. The number of alkyl halides is 3. The van der Waals surface area contributed by atoms with Crippen LogP contribution in [0.1, 0.15) is 5.56 Å². The summed E-state index contributed by atoms with van der Waals surface area (Å²) in [5, 5.41) is 25.7. The molecule has 1 rings (SSSR count). The Hall–Kier alpha value is -1.45. The molecular formula is C7H6BF3O5. The minimum Gasteiger partial charge on any atom is -0.507 e. The van der Waals surface area contributed by atoms with Crippen molar-refractivity contribution in [2.45, 2.75) is 6.18 Å². The number of hydrogen-bond acceptors (Lipinski definition) is 5. The smallest absolute Gasteiger partial charge is 0.507 e. The predicted octanol–water partition coefficient (Wildman–Crippen LogP) is 1.26. The van der Waals surface area contributed by atoms with Crippen molar-refractivity contribution in [1.82, 2.24) is 0 Å². The number of halogens is 3. The van der Waals surface area contributed by atoms with Gasteiger partial charge in [-0.1, -0.05) is 6.07 Å². The fraction of sp³-hybridized carbons (Fsp3) is 0.143. The van der Waals surface area contributed by atoms with Gasteiger partial charge in [-0.15, -0.1) is 0 Å². The molecule has 16 heavy (non-hydrogen) atoms. The summed E-state index contributed by atoms with van der Waals surface area (Å²) >= 11 is 0. The highest BCUT2D eigenvalue weighted by Crippen LogP contribution is 2.41. The van der Waals surface area contributed by atoms with Crippen LogP contribution in [0.2, 0.25) is 0 Å². The van der Waals surface area contributed by atoms with Gasteiger partial charge in [0.2, 0.25) is 0 Å². The van der Waals surface area contributed by atoms with Gasteiger partial charge in [0.1, 0.15) is 0 Å². The minimum atomic E-state index is -4.77. The van der Waals surface area contributed by atoms with Gasteiger partial charge in [0.05, 0.1) is 5.56 Å². The zero-order valence-electron chi connectivity index (χ0n) is 7.60. The van der Waals surface area contributed by atoms with Crippen molar-refractivity contribution >= 4 is 7.32 Å². The molecule has 0 saturated carbocycles. The Balaban J connectivity index is 3.14. The molecule has 0 fully saturated rings. The molecule has 0 spiro atoms. The Morgan fingerprint density at radius 1 is 1.25 bits per heavy atom. The van der Waals surface area contributed by atoms with Crippen LogP contribution in [-0.2, 0) is 11.0 Å². The molecule has 0 unspecified atom stereocenters. The first-order chi connectivity index (χ1) is 7.36. The number of aromatic hydroxyl groups is 1. The van der Waals surface area contributed by atoms with Crippen molar-refractivity contribution < 1.29 is 38.0 Å². The number of rotatable bonds is 3. The molecule has 0 aliphatic carbocycles. The van der Waals surface area contributed by atoms with E-state index >= 15 is 0 Å². The van der Waals surface area contributed by atoms with Crippen LogP contribution in [0.3, 0.4) is 0 Å². The lowest BCUT2D eigenvalue weighted by atomic mass is 10.1. The van der Waals surface area contributed by atoms with Gasteiger partial charge in [0, 0.05) is 0 Å². The summed E-state index contributed by atoms with van der Waals surface area (Å²) in [7, 11) is -2.32. The largest absolute Gasteiger partial charge is 0.739 e. The van der Waals surface area contributed by atoms with E-state index < -0.39 is 30.6 Å². The molecule has 0 amide bonds. The molecule has 0 aliphatic heterocycles. The first kappa shape index (κ1) is 12.6. The molecule has 0 radical (unpaired) electrons. The summed E-state index contributed by atoms with van der Waals surface area (Å²) < 4.78 is 41.4. The standard InChI is InChI=1S/C7H6BF3O5/c9-7(10,11)4-2-1-3-5(12)6(4)15-8(13)16-14/h1-3,12-14H. The highest BCUT2D eigenvalue weighted by atomic mass is 19.4. The van der Waals surface area contributed by atoms with Crippen LogP contribution >= 0.6 is 0 Å². The second-order valence-electron chi connectivity index (χ2n) is 2.68. The van der Waals surface area contributed by atoms with E-state index in [4.69, 9.17) is 15.4 Å². The van der Waals surface area contributed by atoms with Gasteiger partial charge in [-0.3, -0.25) is 5.26 Å². The fourth-order valence-electron chi connectivity index (χ4n) is 0.994. The molecule has 0 aliphatic rings. The topological polar surface area (TPSA) is 79.2 Å². The maximum atomic E-state index is 12.4. The maximum absolute atomic E-state index is 12.4. The van der Waals surface area contributed by atoms with Gasteiger partial charge < -0.3 is 14.8 Å². The molecule has 0 atom stereocenters. The third-order valence-corrected chi connectivity index (χ3v) is 1.61. The predicted molar refractivity (Wildman–Crippen MR) is 45.4 cm³/mol. The molecule has 9 heteroatoms. The lowest BCUT2D eigenvalue weighted by Crippen LogP contribution is -2.26. The summed E-state index contributed by atoms with van der Waals surface area (Å²) in [6.45, 7) is 0. The van der Waals surface area contributed by atoms with Gasteiger partial charge in [-0.05, 0) is 12.1 Å². The van der Waals surface area contributed by atoms with Crippen LogP contribution in [0.4, 0.5) is 13.2 Å². The van der Waals surface area contributed by atoms with E-state index in [-0.39, 0.29) is 0 Å². The number of benzene rings is 1. The molecule has 0 bridgehead atoms. The molecular weight excluding hydrogens is 232 g/mol. The Bertz CT molecular complexity index is 370. The molecule has 1 aromatic carbocycles. The van der Waals surface area contributed by atoms with Gasteiger partial charge in [-0.2, -0.15) is 13.2 Å². The third-order valence-electron chi connectivity index (χ3n) is 1.61. The molecule has 3 N–H and O–H groups in total. The van der Waals surface area contributed by atoms with Crippen molar-refractivity contribution in [3.05, 3.63) is 23.8 Å². The van der Waals surface area contributed by atoms with Crippen LogP contribution in [0.15, 0.2) is 18.2 Å². The van der Waals surface area contributed by atoms with Crippen molar-refractivity contribution in [3.63, 3.8) is 0 Å². The summed E-state index contributed by atoms with van der Waals surface area (Å²) in [6.07, 6.45) is -4.77. The lowest BCUT2D eigenvalue weighted by molar-refractivity contribution is -0.172. The molecule has 0 heterocycles. The number of para-hydroxylation sites is 1. The van der Waals surface area contributed by atoms with E-state index in [0.29, 0.717) is 6.07 Å². The highest BCUT2D eigenvalue weighted by Gasteiger charge is 2.37. The van der Waals surface area contributed by atoms with E-state index in [2.05, 4.69) is 9.46 Å². The molecule has 1 aromatic rings. The Labute approximate surface area is 87.8 Å². The number of phenolic OH excluding ortho intramolecular Hbond substituents is 1. The summed E-state index contributed by atoms with van der Waals surface area (Å²) in [6, 6.07) is 2.52. The van der Waals surface area contributed by atoms with Gasteiger partial charge in [0.15, 0.2) is 11.5 Å². The number of hydrogen-bond donors (Lipinski definition) is 3. The Morgan fingerprint density at radius 2 is 1.88 bits per heavy atom. The van der Waals surface area contributed by atoms with Crippen LogP contribution in [0.5, 0.6) is 11.5 Å². The Kier molecular flexibility index (Phi) is 3.63. The van der Waals surface area contributed by atoms with Gasteiger partial charge >= 0.3 is 13.5 Å². The molecule has 0 saturated heterocycles. The number of phenols is 1. The van der Waals surface area contributed by atoms with Crippen LogP contribution in [-0.4, -0.2) is 22.7 Å². The molecule has 5 nitrogen and oxygen atoms in total. The monoisotopic (exact) mass is 238 g/mol. The van der Waals surface area contributed by atoms with Crippen LogP contribution in [0, 0.1) is 0 Å². The average molecular weight is 238 g/mol. The maximum Gasteiger partial charge on any atom is 0.739 e. The fourth-order valence-corrected chi connectivity index (χ4v) is 0.994. The summed E-state index contributed by atoms with van der Waals surface area (Å²) in [4.78, 5) is 3.23. The zero-order chi connectivity index (χ0) is 12.3. The van der Waals surface area contributed by atoms with Crippen molar-refractivity contribution in [3.8, 4) is 11.5 Å². The van der Waals surface area contributed by atoms with Crippen molar-refractivity contribution in [2.75, 3.05) is 0 Å². The SMILES string of the molecule is OOB(O)Oc1c(O)cccc1C(F)(F)F. The van der Waals surface area contributed by atoms with E-state index in [1.165, 1.54) is 0 Å². The first-order valence-electron chi connectivity index (χ1n) is 3.90. The van der Waals surface area contributed by atoms with Gasteiger partial charge in [0.25, 0.3) is 0 Å². The van der Waals surface area contributed by atoms with E-state index in [9.17, 15) is 13.2 Å². The minimum absolute atomic E-state index is 0.638. The second kappa shape index (κ2) is 4.60. The molecule has 0 aromatic heterocycles. The Morgan fingerprint density at radius 3 is 2.38 bits per heavy atom. The van der Waals surface area contributed by atoms with Crippen LogP contribution in [0.25, 0.3) is 0 Å². The average Bonchev–Trinajstić information content (AvgIpc) is 2.19. The summed E-state index contributed by atoms with van der Waals surface area (Å²) in [5.74, 6) is -1.87. The van der Waals surface area contributed by atoms with E-state index in [1.807, 2.05) is 0 Å². The van der Waals surface area contributed by atoms with Crippen LogP contribution < -0.4 is 4.65 Å². The first-order valence-corrected chi connectivity index (χ1v) is 3.90. The van der Waals surface area contributed by atoms with E-state index in [1.54, 1.807) is 0 Å². The van der Waals surface area contributed by atoms with Crippen molar-refractivity contribution in [1.29, 1.82) is 0 Å². The van der Waals surface area contributed by atoms with Crippen molar-refractivity contribution in [2.24, 2.45) is 0 Å². The second-order valence-corrected chi connectivity index (χ2v) is 2.68. The van der Waals surface area contributed by atoms with E-state index in [0.717, 1.165) is 12.1 Å². The third kappa shape index (κ3) is 2.78. The normalized spacial score (nSPS) is 11.3.